The van der Waals surface area contributed by atoms with Crippen LogP contribution in [0.5, 0.6) is 0 Å². The molecule has 0 aromatic heterocycles. The number of rotatable bonds is 4. The van der Waals surface area contributed by atoms with Crippen LogP contribution in [-0.2, 0) is 4.79 Å². The minimum absolute atomic E-state index is 0.0929. The van der Waals surface area contributed by atoms with Crippen molar-refractivity contribution < 1.29 is 9.59 Å². The maximum atomic E-state index is 12.5. The quantitative estimate of drug-likeness (QED) is 0.853. The molecule has 2 atom stereocenters. The number of nitrogens with one attached hydrogen (secondary N) is 1. The number of carbonyl (C=O) groups is 2. The molecule has 0 bridgehead atoms. The highest BCUT2D eigenvalue weighted by molar-refractivity contribution is 6.43. The number of hydrogen-bond donors (Lipinski definition) is 2. The Labute approximate surface area is 152 Å². The van der Waals surface area contributed by atoms with Crippen molar-refractivity contribution in [1.82, 2.24) is 10.2 Å². The van der Waals surface area contributed by atoms with Crippen molar-refractivity contribution in [2.75, 3.05) is 13.1 Å². The van der Waals surface area contributed by atoms with E-state index in [0.29, 0.717) is 24.0 Å². The van der Waals surface area contributed by atoms with E-state index in [1.54, 1.807) is 30.0 Å². The van der Waals surface area contributed by atoms with Crippen molar-refractivity contribution in [3.8, 4) is 0 Å². The number of amides is 2. The summed E-state index contributed by atoms with van der Waals surface area (Å²) in [6.07, 6.45) is 1.79. The molecule has 24 heavy (non-hydrogen) atoms. The molecule has 0 saturated carbocycles. The lowest BCUT2D eigenvalue weighted by molar-refractivity contribution is -0.134. The highest BCUT2D eigenvalue weighted by Gasteiger charge is 2.28. The molecule has 2 rings (SSSR count). The van der Waals surface area contributed by atoms with Crippen LogP contribution in [0.2, 0.25) is 10.0 Å². The van der Waals surface area contributed by atoms with Crippen LogP contribution >= 0.6 is 23.2 Å². The minimum Gasteiger partial charge on any atom is -0.341 e. The SMILES string of the molecule is CC(NC(=O)c1cccc(Cl)c1Cl)C(=O)N1CCC(C(C)N)CC1. The summed E-state index contributed by atoms with van der Waals surface area (Å²) in [5.41, 5.74) is 6.18. The lowest BCUT2D eigenvalue weighted by Crippen LogP contribution is -2.50. The smallest absolute Gasteiger partial charge is 0.253 e. The van der Waals surface area contributed by atoms with Crippen molar-refractivity contribution >= 4 is 35.0 Å². The number of likely N-dealkylation sites (tertiary alicyclic amines) is 1. The van der Waals surface area contributed by atoms with Gasteiger partial charge in [-0.05, 0) is 44.7 Å². The lowest BCUT2D eigenvalue weighted by atomic mass is 9.91. The van der Waals surface area contributed by atoms with Gasteiger partial charge in [-0.2, -0.15) is 0 Å². The maximum Gasteiger partial charge on any atom is 0.253 e. The van der Waals surface area contributed by atoms with Crippen LogP contribution in [-0.4, -0.2) is 41.9 Å². The average Bonchev–Trinajstić information content (AvgIpc) is 2.56. The van der Waals surface area contributed by atoms with Crippen LogP contribution < -0.4 is 11.1 Å². The third-order valence-electron chi connectivity index (χ3n) is 4.51. The van der Waals surface area contributed by atoms with E-state index in [4.69, 9.17) is 28.9 Å². The number of nitrogens with zero attached hydrogens (tertiary/aromatic N) is 1. The van der Waals surface area contributed by atoms with Gasteiger partial charge in [0.15, 0.2) is 0 Å². The van der Waals surface area contributed by atoms with Crippen LogP contribution in [0.25, 0.3) is 0 Å². The summed E-state index contributed by atoms with van der Waals surface area (Å²) in [5, 5.41) is 3.19. The van der Waals surface area contributed by atoms with E-state index in [-0.39, 0.29) is 22.5 Å². The zero-order valence-corrected chi connectivity index (χ0v) is 15.4. The normalized spacial score (nSPS) is 18.1. The molecule has 1 heterocycles. The van der Waals surface area contributed by atoms with E-state index in [2.05, 4.69) is 5.32 Å². The number of halogens is 2. The Bertz CT molecular complexity index is 614. The van der Waals surface area contributed by atoms with Gasteiger partial charge in [-0.15, -0.1) is 0 Å². The van der Waals surface area contributed by atoms with Gasteiger partial charge < -0.3 is 16.0 Å². The summed E-state index contributed by atoms with van der Waals surface area (Å²) in [5.74, 6) is -0.0531. The molecule has 2 unspecified atom stereocenters. The Kier molecular flexibility index (Phi) is 6.49. The van der Waals surface area contributed by atoms with Crippen molar-refractivity contribution in [2.24, 2.45) is 11.7 Å². The molecule has 0 aliphatic carbocycles. The summed E-state index contributed by atoms with van der Waals surface area (Å²) in [4.78, 5) is 26.6. The second-order valence-corrected chi connectivity index (χ2v) is 7.10. The monoisotopic (exact) mass is 371 g/mol. The topological polar surface area (TPSA) is 75.4 Å². The Hall–Kier alpha value is -1.30. The molecule has 1 aliphatic heterocycles. The Balaban J connectivity index is 1.94. The van der Waals surface area contributed by atoms with Gasteiger partial charge in [0.25, 0.3) is 5.91 Å². The molecule has 5 nitrogen and oxygen atoms in total. The summed E-state index contributed by atoms with van der Waals surface area (Å²) >= 11 is 12.0. The first kappa shape index (κ1) is 19.0. The highest BCUT2D eigenvalue weighted by Crippen LogP contribution is 2.25. The van der Waals surface area contributed by atoms with Crippen molar-refractivity contribution in [3.63, 3.8) is 0 Å². The predicted molar refractivity (Wildman–Crippen MR) is 96.3 cm³/mol. The summed E-state index contributed by atoms with van der Waals surface area (Å²) < 4.78 is 0. The van der Waals surface area contributed by atoms with Crippen molar-refractivity contribution in [2.45, 2.75) is 38.8 Å². The third-order valence-corrected chi connectivity index (χ3v) is 5.33. The van der Waals surface area contributed by atoms with Crippen molar-refractivity contribution in [1.29, 1.82) is 0 Å². The first-order valence-corrected chi connectivity index (χ1v) is 8.86. The largest absolute Gasteiger partial charge is 0.341 e. The number of piperidine rings is 1. The Morgan fingerprint density at radius 3 is 2.46 bits per heavy atom. The molecule has 2 amide bonds. The van der Waals surface area contributed by atoms with Crippen LogP contribution in [0.15, 0.2) is 18.2 Å². The molecular weight excluding hydrogens is 349 g/mol. The standard InChI is InChI=1S/C17H23Cl2N3O2/c1-10(20)12-6-8-22(9-7-12)17(24)11(2)21-16(23)13-4-3-5-14(18)15(13)19/h3-5,10-12H,6-9,20H2,1-2H3,(H,21,23). The van der Waals surface area contributed by atoms with Gasteiger partial charge >= 0.3 is 0 Å². The molecule has 1 aliphatic rings. The van der Waals surface area contributed by atoms with Crippen LogP contribution in [0.4, 0.5) is 0 Å². The molecule has 0 spiro atoms. The highest BCUT2D eigenvalue weighted by atomic mass is 35.5. The van der Waals surface area contributed by atoms with Gasteiger partial charge in [0.1, 0.15) is 6.04 Å². The average molecular weight is 372 g/mol. The second kappa shape index (κ2) is 8.19. The van der Waals surface area contributed by atoms with Crippen molar-refractivity contribution in [3.05, 3.63) is 33.8 Å². The maximum absolute atomic E-state index is 12.5. The van der Waals surface area contributed by atoms with Gasteiger partial charge in [0, 0.05) is 19.1 Å². The fourth-order valence-corrected chi connectivity index (χ4v) is 3.32. The van der Waals surface area contributed by atoms with E-state index in [9.17, 15) is 9.59 Å². The first-order valence-electron chi connectivity index (χ1n) is 8.10. The molecule has 3 N–H and O–H groups in total. The summed E-state index contributed by atoms with van der Waals surface area (Å²) in [6, 6.07) is 4.35. The van der Waals surface area contributed by atoms with Gasteiger partial charge in [-0.1, -0.05) is 29.3 Å². The number of benzene rings is 1. The Morgan fingerprint density at radius 1 is 1.25 bits per heavy atom. The fraction of sp³-hybridized carbons (Fsp3) is 0.529. The molecule has 7 heteroatoms. The van der Waals surface area contributed by atoms with Gasteiger partial charge in [-0.3, -0.25) is 9.59 Å². The Morgan fingerprint density at radius 2 is 1.88 bits per heavy atom. The van der Waals surface area contributed by atoms with E-state index >= 15 is 0 Å². The number of nitrogens with two attached hydrogens (primary N) is 1. The van der Waals surface area contributed by atoms with E-state index in [1.807, 2.05) is 6.92 Å². The van der Waals surface area contributed by atoms with Crippen LogP contribution in [0.3, 0.4) is 0 Å². The first-order chi connectivity index (χ1) is 11.3. The van der Waals surface area contributed by atoms with E-state index in [1.165, 1.54) is 0 Å². The van der Waals surface area contributed by atoms with Crippen LogP contribution in [0, 0.1) is 5.92 Å². The molecule has 1 saturated heterocycles. The molecule has 1 aromatic rings. The molecule has 0 radical (unpaired) electrons. The fourth-order valence-electron chi connectivity index (χ4n) is 2.93. The van der Waals surface area contributed by atoms with E-state index < -0.39 is 11.9 Å². The molecule has 1 fully saturated rings. The van der Waals surface area contributed by atoms with Gasteiger partial charge in [-0.25, -0.2) is 0 Å². The van der Waals surface area contributed by atoms with Crippen LogP contribution in [0.1, 0.15) is 37.0 Å². The predicted octanol–water partition coefficient (Wildman–Crippen LogP) is 2.70. The molecule has 132 valence electrons. The lowest BCUT2D eigenvalue weighted by Gasteiger charge is -2.35. The van der Waals surface area contributed by atoms with Gasteiger partial charge in [0.05, 0.1) is 15.6 Å². The minimum atomic E-state index is -0.626. The second-order valence-electron chi connectivity index (χ2n) is 6.32. The third kappa shape index (κ3) is 4.41. The summed E-state index contributed by atoms with van der Waals surface area (Å²) in [6.45, 7) is 5.02. The van der Waals surface area contributed by atoms with E-state index in [0.717, 1.165) is 12.8 Å². The number of hydrogen-bond acceptors (Lipinski definition) is 3. The summed E-state index contributed by atoms with van der Waals surface area (Å²) in [7, 11) is 0. The zero-order valence-electron chi connectivity index (χ0n) is 13.9. The number of carbonyl (C=O) groups excluding carboxylic acids is 2. The zero-order chi connectivity index (χ0) is 17.9. The molecule has 1 aromatic carbocycles. The molecular formula is C17H23Cl2N3O2. The van der Waals surface area contributed by atoms with Gasteiger partial charge in [0.2, 0.25) is 5.91 Å².